The van der Waals surface area contributed by atoms with Crippen LogP contribution in [0.2, 0.25) is 5.02 Å². The molecule has 1 N–H and O–H groups in total. The number of halogens is 1. The van der Waals surface area contributed by atoms with E-state index in [1.165, 1.54) is 0 Å². The van der Waals surface area contributed by atoms with Crippen LogP contribution >= 0.6 is 11.6 Å². The van der Waals surface area contributed by atoms with Gasteiger partial charge < -0.3 is 14.7 Å². The summed E-state index contributed by atoms with van der Waals surface area (Å²) in [5, 5.41) is 3.85. The fourth-order valence-electron chi connectivity index (χ4n) is 3.74. The topological polar surface area (TPSA) is 55.2 Å². The first-order chi connectivity index (χ1) is 14.7. The summed E-state index contributed by atoms with van der Waals surface area (Å²) in [6.45, 7) is 5.02. The van der Waals surface area contributed by atoms with E-state index in [2.05, 4.69) is 49.4 Å². The number of benzene rings is 2. The standard InChI is InChI=1S/C23H22ClN5O/c1-16-7-8-18(13-20(16)24)29-14-19(17-5-3-2-4-6-17)21-22(25-15-26-23(21)29)27-28-9-11-30-12-10-28/h2-8,13-15H,9-12H2,1H3,(H,25,26,27). The Balaban J connectivity index is 1.70. The van der Waals surface area contributed by atoms with E-state index in [4.69, 9.17) is 16.3 Å². The van der Waals surface area contributed by atoms with Crippen molar-refractivity contribution < 1.29 is 4.74 Å². The van der Waals surface area contributed by atoms with Crippen LogP contribution in [0.3, 0.4) is 0 Å². The zero-order valence-electron chi connectivity index (χ0n) is 16.7. The average Bonchev–Trinajstić information content (AvgIpc) is 3.18. The molecule has 0 saturated carbocycles. The first-order valence-electron chi connectivity index (χ1n) is 9.98. The van der Waals surface area contributed by atoms with E-state index >= 15 is 0 Å². The predicted molar refractivity (Wildman–Crippen MR) is 120 cm³/mol. The number of rotatable bonds is 4. The molecule has 152 valence electrons. The minimum absolute atomic E-state index is 0.704. The maximum absolute atomic E-state index is 6.42. The number of nitrogens with zero attached hydrogens (tertiary/aromatic N) is 4. The van der Waals surface area contributed by atoms with E-state index in [0.29, 0.717) is 13.2 Å². The molecule has 0 aliphatic carbocycles. The fourth-order valence-corrected chi connectivity index (χ4v) is 3.91. The maximum Gasteiger partial charge on any atom is 0.153 e. The monoisotopic (exact) mass is 419 g/mol. The fraction of sp³-hybridized carbons (Fsp3) is 0.217. The lowest BCUT2D eigenvalue weighted by Crippen LogP contribution is -2.40. The molecule has 0 spiro atoms. The number of hydrogen-bond acceptors (Lipinski definition) is 5. The summed E-state index contributed by atoms with van der Waals surface area (Å²) in [6, 6.07) is 16.4. The third kappa shape index (κ3) is 3.54. The molecular weight excluding hydrogens is 398 g/mol. The van der Waals surface area contributed by atoms with Gasteiger partial charge >= 0.3 is 0 Å². The molecule has 0 unspecified atom stereocenters. The maximum atomic E-state index is 6.42. The number of nitrogens with one attached hydrogen (secondary N) is 1. The van der Waals surface area contributed by atoms with Crippen LogP contribution in [0, 0.1) is 6.92 Å². The van der Waals surface area contributed by atoms with Gasteiger partial charge in [-0.1, -0.05) is 48.0 Å². The molecule has 6 nitrogen and oxygen atoms in total. The Morgan fingerprint density at radius 1 is 1.03 bits per heavy atom. The first kappa shape index (κ1) is 19.1. The zero-order chi connectivity index (χ0) is 20.5. The Morgan fingerprint density at radius 2 is 1.83 bits per heavy atom. The van der Waals surface area contributed by atoms with Gasteiger partial charge in [0.2, 0.25) is 0 Å². The average molecular weight is 420 g/mol. The van der Waals surface area contributed by atoms with Gasteiger partial charge in [0.05, 0.1) is 18.6 Å². The van der Waals surface area contributed by atoms with Gasteiger partial charge in [0.15, 0.2) is 11.5 Å². The Morgan fingerprint density at radius 3 is 2.60 bits per heavy atom. The largest absolute Gasteiger partial charge is 0.379 e. The van der Waals surface area contributed by atoms with Crippen LogP contribution in [-0.2, 0) is 4.74 Å². The lowest BCUT2D eigenvalue weighted by atomic mass is 10.1. The summed E-state index contributed by atoms with van der Waals surface area (Å²) < 4.78 is 7.55. The molecule has 1 saturated heterocycles. The van der Waals surface area contributed by atoms with Gasteiger partial charge in [-0.2, -0.15) is 0 Å². The molecule has 0 amide bonds. The predicted octanol–water partition coefficient (Wildman–Crippen LogP) is 4.71. The summed E-state index contributed by atoms with van der Waals surface area (Å²) in [5.74, 6) is 0.790. The molecule has 7 heteroatoms. The van der Waals surface area contributed by atoms with Crippen LogP contribution in [0.4, 0.5) is 5.82 Å². The van der Waals surface area contributed by atoms with E-state index in [1.807, 2.05) is 37.3 Å². The van der Waals surface area contributed by atoms with Crippen molar-refractivity contribution in [1.29, 1.82) is 0 Å². The van der Waals surface area contributed by atoms with Crippen molar-refractivity contribution in [3.8, 4) is 16.8 Å². The molecule has 1 aliphatic heterocycles. The first-order valence-corrected chi connectivity index (χ1v) is 10.4. The quantitative estimate of drug-likeness (QED) is 0.519. The van der Waals surface area contributed by atoms with Crippen molar-refractivity contribution >= 4 is 28.5 Å². The summed E-state index contributed by atoms with van der Waals surface area (Å²) in [7, 11) is 0. The van der Waals surface area contributed by atoms with Crippen molar-refractivity contribution in [2.75, 3.05) is 31.7 Å². The van der Waals surface area contributed by atoms with E-state index in [9.17, 15) is 0 Å². The number of hydrogen-bond donors (Lipinski definition) is 1. The Bertz CT molecular complexity index is 1190. The SMILES string of the molecule is Cc1ccc(-n2cc(-c3ccccc3)c3c(NN4CCOCC4)ncnc32)cc1Cl. The van der Waals surface area contributed by atoms with Gasteiger partial charge in [-0.15, -0.1) is 0 Å². The normalized spacial score (nSPS) is 14.9. The lowest BCUT2D eigenvalue weighted by molar-refractivity contribution is 0.0495. The van der Waals surface area contributed by atoms with Gasteiger partial charge in [0, 0.05) is 35.6 Å². The second-order valence-corrected chi connectivity index (χ2v) is 7.75. The Labute approximate surface area is 180 Å². The number of morpholine rings is 1. The molecule has 2 aromatic heterocycles. The number of aromatic nitrogens is 3. The number of ether oxygens (including phenoxy) is 1. The summed E-state index contributed by atoms with van der Waals surface area (Å²) >= 11 is 6.42. The highest BCUT2D eigenvalue weighted by Gasteiger charge is 2.19. The number of hydrazine groups is 1. The highest BCUT2D eigenvalue weighted by molar-refractivity contribution is 6.31. The van der Waals surface area contributed by atoms with Crippen LogP contribution in [0.5, 0.6) is 0 Å². The minimum Gasteiger partial charge on any atom is -0.379 e. The highest BCUT2D eigenvalue weighted by atomic mass is 35.5. The van der Waals surface area contributed by atoms with Crippen molar-refractivity contribution in [1.82, 2.24) is 19.5 Å². The van der Waals surface area contributed by atoms with Crippen molar-refractivity contribution in [2.45, 2.75) is 6.92 Å². The molecule has 30 heavy (non-hydrogen) atoms. The molecule has 0 bridgehead atoms. The van der Waals surface area contributed by atoms with Crippen molar-refractivity contribution in [2.24, 2.45) is 0 Å². The molecular formula is C23H22ClN5O. The summed E-state index contributed by atoms with van der Waals surface area (Å²) in [6.07, 6.45) is 3.71. The minimum atomic E-state index is 0.704. The van der Waals surface area contributed by atoms with Crippen LogP contribution in [0.1, 0.15) is 5.56 Å². The second kappa shape index (κ2) is 8.07. The molecule has 5 rings (SSSR count). The van der Waals surface area contributed by atoms with Gasteiger partial charge in [-0.25, -0.2) is 15.0 Å². The summed E-state index contributed by atoms with van der Waals surface area (Å²) in [5.41, 5.74) is 8.51. The van der Waals surface area contributed by atoms with Gasteiger partial charge in [-0.3, -0.25) is 0 Å². The highest BCUT2D eigenvalue weighted by Crippen LogP contribution is 2.36. The van der Waals surface area contributed by atoms with Crippen LogP contribution < -0.4 is 5.43 Å². The van der Waals surface area contributed by atoms with Gasteiger partial charge in [0.1, 0.15) is 6.33 Å². The zero-order valence-corrected chi connectivity index (χ0v) is 17.4. The molecule has 4 aromatic rings. The third-order valence-corrected chi connectivity index (χ3v) is 5.78. The molecule has 3 heterocycles. The van der Waals surface area contributed by atoms with E-state index in [-0.39, 0.29) is 0 Å². The van der Waals surface area contributed by atoms with Crippen LogP contribution in [-0.4, -0.2) is 45.8 Å². The molecule has 1 aliphatic rings. The number of aryl methyl sites for hydroxylation is 1. The Hall–Kier alpha value is -2.93. The van der Waals surface area contributed by atoms with E-state index < -0.39 is 0 Å². The molecule has 2 aromatic carbocycles. The van der Waals surface area contributed by atoms with Crippen LogP contribution in [0.15, 0.2) is 61.1 Å². The number of fused-ring (bicyclic) bond motifs is 1. The van der Waals surface area contributed by atoms with Crippen molar-refractivity contribution in [3.05, 3.63) is 71.6 Å². The van der Waals surface area contributed by atoms with Crippen molar-refractivity contribution in [3.63, 3.8) is 0 Å². The van der Waals surface area contributed by atoms with Gasteiger partial charge in [-0.05, 0) is 30.2 Å². The Kier molecular flexibility index (Phi) is 5.12. The lowest BCUT2D eigenvalue weighted by Gasteiger charge is -2.27. The second-order valence-electron chi connectivity index (χ2n) is 7.34. The van der Waals surface area contributed by atoms with Crippen LogP contribution in [0.25, 0.3) is 27.8 Å². The van der Waals surface area contributed by atoms with E-state index in [1.54, 1.807) is 6.33 Å². The number of anilines is 1. The van der Waals surface area contributed by atoms with E-state index in [0.717, 1.165) is 57.3 Å². The third-order valence-electron chi connectivity index (χ3n) is 5.38. The smallest absolute Gasteiger partial charge is 0.153 e. The molecule has 0 atom stereocenters. The van der Waals surface area contributed by atoms with Gasteiger partial charge in [0.25, 0.3) is 0 Å². The molecule has 0 radical (unpaired) electrons. The molecule has 1 fully saturated rings. The summed E-state index contributed by atoms with van der Waals surface area (Å²) in [4.78, 5) is 9.22.